The second-order valence-corrected chi connectivity index (χ2v) is 11.7. The summed E-state index contributed by atoms with van der Waals surface area (Å²) in [5.74, 6) is 0.781. The fraction of sp³-hybridized carbons (Fsp3) is 0.737. The van der Waals surface area contributed by atoms with E-state index in [4.69, 9.17) is 4.99 Å². The van der Waals surface area contributed by atoms with Crippen molar-refractivity contribution >= 4 is 51.1 Å². The number of thiophene rings is 1. The van der Waals surface area contributed by atoms with Crippen molar-refractivity contribution in [3.8, 4) is 0 Å². The summed E-state index contributed by atoms with van der Waals surface area (Å²) < 4.78 is 23.8. The topological polar surface area (TPSA) is 73.8 Å². The van der Waals surface area contributed by atoms with Gasteiger partial charge >= 0.3 is 0 Å². The Kier molecular flexibility index (Phi) is 10.7. The predicted octanol–water partition coefficient (Wildman–Crippen LogP) is 3.27. The van der Waals surface area contributed by atoms with Crippen LogP contribution in [0, 0.1) is 0 Å². The maximum absolute atomic E-state index is 12.3. The summed E-state index contributed by atoms with van der Waals surface area (Å²) in [7, 11) is -3.14. The molecule has 162 valence electrons. The van der Waals surface area contributed by atoms with Crippen LogP contribution in [0.15, 0.2) is 22.5 Å². The molecule has 28 heavy (non-hydrogen) atoms. The number of nitrogens with one attached hydrogen (secondary N) is 2. The van der Waals surface area contributed by atoms with Crippen molar-refractivity contribution in [3.05, 3.63) is 22.4 Å². The zero-order valence-corrected chi connectivity index (χ0v) is 21.4. The highest BCUT2D eigenvalue weighted by Gasteiger charge is 2.28. The number of guanidine groups is 1. The van der Waals surface area contributed by atoms with E-state index in [2.05, 4.69) is 33.0 Å². The number of aliphatic imine (C=N–C) groups is 1. The molecule has 0 bridgehead atoms. The Balaban J connectivity index is 0.00000392. The van der Waals surface area contributed by atoms with Crippen LogP contribution in [0.25, 0.3) is 0 Å². The van der Waals surface area contributed by atoms with E-state index in [1.807, 2.05) is 6.92 Å². The molecule has 0 aliphatic carbocycles. The zero-order valence-electron chi connectivity index (χ0n) is 17.4. The molecule has 1 aliphatic heterocycles. The van der Waals surface area contributed by atoms with Gasteiger partial charge in [0.15, 0.2) is 15.8 Å². The van der Waals surface area contributed by atoms with E-state index < -0.39 is 14.6 Å². The van der Waals surface area contributed by atoms with E-state index in [1.54, 1.807) is 32.1 Å². The van der Waals surface area contributed by atoms with Gasteiger partial charge < -0.3 is 10.6 Å². The molecule has 1 fully saturated rings. The first-order valence-electron chi connectivity index (χ1n) is 9.76. The van der Waals surface area contributed by atoms with Crippen molar-refractivity contribution in [2.45, 2.75) is 51.3 Å². The third kappa shape index (κ3) is 7.46. The first-order valence-corrected chi connectivity index (χ1v) is 12.3. The van der Waals surface area contributed by atoms with E-state index >= 15 is 0 Å². The van der Waals surface area contributed by atoms with Gasteiger partial charge in [0.2, 0.25) is 0 Å². The lowest BCUT2D eigenvalue weighted by Gasteiger charge is -2.25. The number of hydrogen-bond donors (Lipinski definition) is 2. The summed E-state index contributed by atoms with van der Waals surface area (Å²) in [6, 6.07) is 4.56. The molecular formula is C19H35IN4O2S2. The number of rotatable bonds is 8. The van der Waals surface area contributed by atoms with Crippen LogP contribution in [0.3, 0.4) is 0 Å². The molecule has 0 spiro atoms. The van der Waals surface area contributed by atoms with E-state index in [-0.39, 0.29) is 29.7 Å². The molecule has 0 aromatic carbocycles. The van der Waals surface area contributed by atoms with Crippen LogP contribution in [-0.2, 0) is 9.84 Å². The average Bonchev–Trinajstić information content (AvgIpc) is 3.28. The van der Waals surface area contributed by atoms with Crippen LogP contribution in [-0.4, -0.2) is 62.5 Å². The van der Waals surface area contributed by atoms with Gasteiger partial charge in [-0.05, 0) is 65.1 Å². The quantitative estimate of drug-likeness (QED) is 0.300. The molecule has 0 radical (unpaired) electrons. The number of hydrogen-bond acceptors (Lipinski definition) is 5. The predicted molar refractivity (Wildman–Crippen MR) is 131 cm³/mol. The van der Waals surface area contributed by atoms with Gasteiger partial charge in [-0.3, -0.25) is 9.89 Å². The Morgan fingerprint density at radius 3 is 2.50 bits per heavy atom. The van der Waals surface area contributed by atoms with Crippen molar-refractivity contribution in [1.29, 1.82) is 0 Å². The maximum Gasteiger partial charge on any atom is 0.191 e. The van der Waals surface area contributed by atoms with Crippen LogP contribution in [0.4, 0.5) is 0 Å². The third-order valence-electron chi connectivity index (χ3n) is 4.82. The standard InChI is InChI=1S/C19H34N4O2S2.HI/c1-5-20-18(21-10-14-27(24,25)19(2,3)4)22-15-16(17-9-8-13-26-17)23-11-6-7-12-23;/h8-9,13,16H,5-7,10-12,14-15H2,1-4H3,(H2,20,21,22);1H. The molecule has 1 aromatic heterocycles. The van der Waals surface area contributed by atoms with Crippen molar-refractivity contribution in [2.24, 2.45) is 4.99 Å². The van der Waals surface area contributed by atoms with E-state index in [0.717, 1.165) is 19.6 Å². The Bertz CT molecular complexity index is 694. The molecular weight excluding hydrogens is 507 g/mol. The van der Waals surface area contributed by atoms with Crippen molar-refractivity contribution in [2.75, 3.05) is 38.5 Å². The number of halogens is 1. The van der Waals surface area contributed by atoms with E-state index in [0.29, 0.717) is 25.1 Å². The van der Waals surface area contributed by atoms with Gasteiger partial charge in [-0.2, -0.15) is 0 Å². The number of nitrogens with zero attached hydrogens (tertiary/aromatic N) is 2. The highest BCUT2D eigenvalue weighted by atomic mass is 127. The molecule has 1 atom stereocenters. The Hall–Kier alpha value is -0.390. The molecule has 0 amide bonds. The highest BCUT2D eigenvalue weighted by Crippen LogP contribution is 2.28. The molecule has 1 aliphatic rings. The molecule has 9 heteroatoms. The van der Waals surface area contributed by atoms with Gasteiger partial charge in [0, 0.05) is 18.0 Å². The lowest BCUT2D eigenvalue weighted by Crippen LogP contribution is -2.42. The molecule has 2 N–H and O–H groups in total. The third-order valence-corrected chi connectivity index (χ3v) is 8.40. The zero-order chi connectivity index (χ0) is 19.9. The van der Waals surface area contributed by atoms with Crippen LogP contribution >= 0.6 is 35.3 Å². The molecule has 1 aromatic rings. The minimum Gasteiger partial charge on any atom is -0.357 e. The smallest absolute Gasteiger partial charge is 0.191 e. The van der Waals surface area contributed by atoms with Crippen LogP contribution in [0.2, 0.25) is 0 Å². The van der Waals surface area contributed by atoms with E-state index in [1.165, 1.54) is 17.7 Å². The Labute approximate surface area is 191 Å². The average molecular weight is 543 g/mol. The fourth-order valence-electron chi connectivity index (χ4n) is 3.05. The minimum atomic E-state index is -3.14. The van der Waals surface area contributed by atoms with Gasteiger partial charge in [0.1, 0.15) is 0 Å². The Morgan fingerprint density at radius 2 is 1.96 bits per heavy atom. The van der Waals surface area contributed by atoms with E-state index in [9.17, 15) is 8.42 Å². The highest BCUT2D eigenvalue weighted by molar-refractivity contribution is 14.0. The second-order valence-electron chi connectivity index (χ2n) is 7.85. The van der Waals surface area contributed by atoms with Crippen molar-refractivity contribution in [3.63, 3.8) is 0 Å². The minimum absolute atomic E-state index is 0. The summed E-state index contributed by atoms with van der Waals surface area (Å²) >= 11 is 1.78. The number of sulfone groups is 1. The second kappa shape index (κ2) is 11.7. The Morgan fingerprint density at radius 1 is 1.29 bits per heavy atom. The van der Waals surface area contributed by atoms with Gasteiger partial charge in [0.25, 0.3) is 0 Å². The summed E-state index contributed by atoms with van der Waals surface area (Å²) in [6.45, 7) is 11.2. The first kappa shape index (κ1) is 25.6. The van der Waals surface area contributed by atoms with Crippen LogP contribution in [0.5, 0.6) is 0 Å². The largest absolute Gasteiger partial charge is 0.357 e. The summed E-state index contributed by atoms with van der Waals surface area (Å²) in [4.78, 5) is 8.60. The van der Waals surface area contributed by atoms with Crippen molar-refractivity contribution < 1.29 is 8.42 Å². The van der Waals surface area contributed by atoms with Crippen LogP contribution in [0.1, 0.15) is 51.5 Å². The molecule has 0 saturated carbocycles. The lowest BCUT2D eigenvalue weighted by molar-refractivity contribution is 0.255. The molecule has 1 unspecified atom stereocenters. The molecule has 6 nitrogen and oxygen atoms in total. The fourth-order valence-corrected chi connectivity index (χ4v) is 4.88. The molecule has 1 saturated heterocycles. The SMILES string of the molecule is CCNC(=NCC(c1cccs1)N1CCCC1)NCCS(=O)(=O)C(C)(C)C.I. The number of likely N-dealkylation sites (tertiary alicyclic amines) is 1. The molecule has 2 heterocycles. The first-order chi connectivity index (χ1) is 12.7. The van der Waals surface area contributed by atoms with Gasteiger partial charge in [0.05, 0.1) is 23.1 Å². The van der Waals surface area contributed by atoms with Crippen molar-refractivity contribution in [1.82, 2.24) is 15.5 Å². The summed E-state index contributed by atoms with van der Waals surface area (Å²) in [5.41, 5.74) is 0. The van der Waals surface area contributed by atoms with Crippen LogP contribution < -0.4 is 10.6 Å². The summed E-state index contributed by atoms with van der Waals surface area (Å²) in [5, 5.41) is 8.53. The normalized spacial score (nSPS) is 17.2. The summed E-state index contributed by atoms with van der Waals surface area (Å²) in [6.07, 6.45) is 2.49. The maximum atomic E-state index is 12.3. The lowest BCUT2D eigenvalue weighted by atomic mass is 10.2. The molecule has 2 rings (SSSR count). The van der Waals surface area contributed by atoms with Gasteiger partial charge in [-0.1, -0.05) is 6.07 Å². The van der Waals surface area contributed by atoms with Gasteiger partial charge in [-0.25, -0.2) is 8.42 Å². The monoisotopic (exact) mass is 542 g/mol. The van der Waals surface area contributed by atoms with Gasteiger partial charge in [-0.15, -0.1) is 35.3 Å².